The summed E-state index contributed by atoms with van der Waals surface area (Å²) in [5.74, 6) is -1.14. The van der Waals surface area contributed by atoms with Gasteiger partial charge in [0.25, 0.3) is 0 Å². The number of carboxylic acid groups (broad SMARTS) is 1. The van der Waals surface area contributed by atoms with Crippen molar-refractivity contribution >= 4 is 12.3 Å². The van der Waals surface area contributed by atoms with Gasteiger partial charge in [-0.15, -0.1) is 0 Å². The maximum absolute atomic E-state index is 11.3. The third kappa shape index (κ3) is 4.49. The average Bonchev–Trinajstić information content (AvgIpc) is 2.87. The van der Waals surface area contributed by atoms with Gasteiger partial charge in [0, 0.05) is 5.56 Å². The van der Waals surface area contributed by atoms with E-state index in [0.29, 0.717) is 35.5 Å². The van der Waals surface area contributed by atoms with Crippen LogP contribution in [0.3, 0.4) is 0 Å². The summed E-state index contributed by atoms with van der Waals surface area (Å²) in [6.07, 6.45) is -0.370. The van der Waals surface area contributed by atoms with Crippen molar-refractivity contribution in [3.63, 3.8) is 0 Å². The lowest BCUT2D eigenvalue weighted by atomic mass is 10.1. The molecule has 25 heavy (non-hydrogen) atoms. The quantitative estimate of drug-likeness (QED) is 0.719. The molecular formula is C18H24O7. The van der Waals surface area contributed by atoms with E-state index in [2.05, 4.69) is 0 Å². The fraction of sp³-hybridized carbons (Fsp3) is 0.556. The molecule has 1 aromatic carbocycles. The van der Waals surface area contributed by atoms with Gasteiger partial charge in [-0.2, -0.15) is 0 Å². The lowest BCUT2D eigenvalue weighted by molar-refractivity contribution is -0.166. The van der Waals surface area contributed by atoms with Gasteiger partial charge in [-0.05, 0) is 39.3 Å². The van der Waals surface area contributed by atoms with Crippen LogP contribution in [-0.2, 0) is 14.3 Å². The van der Waals surface area contributed by atoms with Gasteiger partial charge < -0.3 is 24.1 Å². The van der Waals surface area contributed by atoms with E-state index in [1.165, 1.54) is 0 Å². The van der Waals surface area contributed by atoms with Gasteiger partial charge in [0.2, 0.25) is 0 Å². The summed E-state index contributed by atoms with van der Waals surface area (Å²) >= 11 is 0. The van der Waals surface area contributed by atoms with Crippen molar-refractivity contribution < 1.29 is 33.6 Å². The fourth-order valence-corrected chi connectivity index (χ4v) is 2.68. The standard InChI is InChI=1S/C18H24O7/c1-5-8-22-13-7-6-12(9-19)15(11(13)2)23-10-14-16(17(20)21)25-18(3,4)24-14/h6-7,9,14,16H,5,8,10H2,1-4H3,(H,20,21)/t14-,16+/m0/s1. The SMILES string of the molecule is CCCOc1ccc(C=O)c(OC[C@@H]2OC(C)(C)O[C@H]2C(=O)O)c1C. The third-order valence-electron chi connectivity index (χ3n) is 3.79. The van der Waals surface area contributed by atoms with Crippen molar-refractivity contribution in [2.45, 2.75) is 52.1 Å². The summed E-state index contributed by atoms with van der Waals surface area (Å²) < 4.78 is 22.4. The summed E-state index contributed by atoms with van der Waals surface area (Å²) in [6, 6.07) is 3.34. The van der Waals surface area contributed by atoms with Gasteiger partial charge in [-0.3, -0.25) is 4.79 Å². The molecular weight excluding hydrogens is 328 g/mol. The second-order valence-corrected chi connectivity index (χ2v) is 6.32. The minimum absolute atomic E-state index is 0.0562. The lowest BCUT2D eigenvalue weighted by Crippen LogP contribution is -2.35. The van der Waals surface area contributed by atoms with Crippen LogP contribution < -0.4 is 9.47 Å². The minimum atomic E-state index is -1.13. The first-order valence-electron chi connectivity index (χ1n) is 8.22. The van der Waals surface area contributed by atoms with Crippen molar-refractivity contribution in [3.8, 4) is 11.5 Å². The maximum atomic E-state index is 11.3. The summed E-state index contributed by atoms with van der Waals surface area (Å²) in [7, 11) is 0. The zero-order chi connectivity index (χ0) is 18.6. The fourth-order valence-electron chi connectivity index (χ4n) is 2.68. The van der Waals surface area contributed by atoms with Crippen molar-refractivity contribution in [1.29, 1.82) is 0 Å². The number of carbonyl (C=O) groups excluding carboxylic acids is 1. The van der Waals surface area contributed by atoms with E-state index in [1.807, 2.05) is 6.92 Å². The molecule has 7 nitrogen and oxygen atoms in total. The predicted molar refractivity (Wildman–Crippen MR) is 89.3 cm³/mol. The largest absolute Gasteiger partial charge is 0.493 e. The molecule has 138 valence electrons. The molecule has 7 heteroatoms. The van der Waals surface area contributed by atoms with Crippen molar-refractivity contribution in [2.24, 2.45) is 0 Å². The molecule has 1 heterocycles. The molecule has 0 aromatic heterocycles. The zero-order valence-electron chi connectivity index (χ0n) is 14.9. The highest BCUT2D eigenvalue weighted by atomic mass is 16.8. The Morgan fingerprint density at radius 3 is 2.64 bits per heavy atom. The third-order valence-corrected chi connectivity index (χ3v) is 3.79. The Balaban J connectivity index is 2.18. The average molecular weight is 352 g/mol. The Morgan fingerprint density at radius 1 is 1.32 bits per heavy atom. The first kappa shape index (κ1) is 19.2. The van der Waals surface area contributed by atoms with Crippen LogP contribution in [0.5, 0.6) is 11.5 Å². The number of hydrogen-bond donors (Lipinski definition) is 1. The maximum Gasteiger partial charge on any atom is 0.335 e. The summed E-state index contributed by atoms with van der Waals surface area (Å²) in [5, 5.41) is 9.27. The molecule has 0 radical (unpaired) electrons. The second-order valence-electron chi connectivity index (χ2n) is 6.32. The second kappa shape index (κ2) is 7.84. The van der Waals surface area contributed by atoms with Crippen LogP contribution >= 0.6 is 0 Å². The van der Waals surface area contributed by atoms with E-state index >= 15 is 0 Å². The molecule has 0 saturated carbocycles. The predicted octanol–water partition coefficient (Wildman–Crippen LogP) is 2.58. The smallest absolute Gasteiger partial charge is 0.335 e. The molecule has 0 aliphatic carbocycles. The van der Waals surface area contributed by atoms with Crippen molar-refractivity contribution in [1.82, 2.24) is 0 Å². The number of aldehydes is 1. The van der Waals surface area contributed by atoms with E-state index < -0.39 is 24.0 Å². The lowest BCUT2D eigenvalue weighted by Gasteiger charge is -2.19. The van der Waals surface area contributed by atoms with E-state index in [-0.39, 0.29) is 6.61 Å². The number of carbonyl (C=O) groups is 2. The Bertz CT molecular complexity index is 639. The highest BCUT2D eigenvalue weighted by Crippen LogP contribution is 2.33. The summed E-state index contributed by atoms with van der Waals surface area (Å²) in [5.41, 5.74) is 1.05. The first-order valence-corrected chi connectivity index (χ1v) is 8.22. The molecule has 2 rings (SSSR count). The number of benzene rings is 1. The Labute approximate surface area is 146 Å². The number of hydrogen-bond acceptors (Lipinski definition) is 6. The molecule has 1 aromatic rings. The first-order chi connectivity index (χ1) is 11.8. The van der Waals surface area contributed by atoms with E-state index in [4.69, 9.17) is 18.9 Å². The van der Waals surface area contributed by atoms with Gasteiger partial charge >= 0.3 is 5.97 Å². The number of rotatable bonds is 8. The molecule has 1 aliphatic rings. The van der Waals surface area contributed by atoms with E-state index in [0.717, 1.165) is 6.42 Å². The molecule has 1 N–H and O–H groups in total. The van der Waals surface area contributed by atoms with Gasteiger partial charge in [-0.1, -0.05) is 6.92 Å². The van der Waals surface area contributed by atoms with Gasteiger partial charge in [0.1, 0.15) is 24.2 Å². The van der Waals surface area contributed by atoms with Gasteiger partial charge in [0.05, 0.1) is 12.2 Å². The van der Waals surface area contributed by atoms with Crippen LogP contribution in [0, 0.1) is 6.92 Å². The molecule has 0 spiro atoms. The van der Waals surface area contributed by atoms with E-state index in [9.17, 15) is 14.7 Å². The number of ether oxygens (including phenoxy) is 4. The zero-order valence-corrected chi connectivity index (χ0v) is 14.9. The van der Waals surface area contributed by atoms with Crippen LogP contribution in [0.15, 0.2) is 12.1 Å². The Hall–Kier alpha value is -2.12. The number of carboxylic acids is 1. The van der Waals surface area contributed by atoms with Gasteiger partial charge in [0.15, 0.2) is 18.2 Å². The molecule has 0 bridgehead atoms. The summed E-state index contributed by atoms with van der Waals surface area (Å²) in [4.78, 5) is 22.6. The molecule has 0 unspecified atom stereocenters. The highest BCUT2D eigenvalue weighted by molar-refractivity contribution is 5.81. The number of aliphatic carboxylic acids is 1. The topological polar surface area (TPSA) is 91.3 Å². The van der Waals surface area contributed by atoms with Gasteiger partial charge in [-0.25, -0.2) is 4.79 Å². The van der Waals surface area contributed by atoms with Crippen molar-refractivity contribution in [2.75, 3.05) is 13.2 Å². The van der Waals surface area contributed by atoms with Crippen LogP contribution in [-0.4, -0.2) is 48.6 Å². The van der Waals surface area contributed by atoms with Crippen LogP contribution in [0.1, 0.15) is 43.1 Å². The Morgan fingerprint density at radius 2 is 2.04 bits per heavy atom. The minimum Gasteiger partial charge on any atom is -0.493 e. The molecule has 0 amide bonds. The monoisotopic (exact) mass is 352 g/mol. The van der Waals surface area contributed by atoms with Crippen LogP contribution in [0.25, 0.3) is 0 Å². The molecule has 2 atom stereocenters. The van der Waals surface area contributed by atoms with Crippen molar-refractivity contribution in [3.05, 3.63) is 23.3 Å². The highest BCUT2D eigenvalue weighted by Gasteiger charge is 2.45. The summed E-state index contributed by atoms with van der Waals surface area (Å²) in [6.45, 7) is 7.57. The molecule has 1 aliphatic heterocycles. The normalized spacial score (nSPS) is 21.8. The Kier molecular flexibility index (Phi) is 6.02. The van der Waals surface area contributed by atoms with Crippen LogP contribution in [0.2, 0.25) is 0 Å². The van der Waals surface area contributed by atoms with E-state index in [1.54, 1.807) is 32.9 Å². The molecule has 1 saturated heterocycles. The van der Waals surface area contributed by atoms with Crippen LogP contribution in [0.4, 0.5) is 0 Å². The molecule has 1 fully saturated rings.